The van der Waals surface area contributed by atoms with Crippen LogP contribution in [0.4, 0.5) is 0 Å². The molecule has 2 saturated heterocycles. The first kappa shape index (κ1) is 11.0. The maximum atomic E-state index is 10.5. The lowest BCUT2D eigenvalue weighted by molar-refractivity contribution is -0.244. The molecule has 0 radical (unpaired) electrons. The standard InChI is InChI=1S/CH5N.B4HO7/c1-2;5-1-7-3-9-2(6)10-4(8-1)11-3/h2H2,1H3;5H/q;-1/p+1. The van der Waals surface area contributed by atoms with E-state index in [2.05, 4.69) is 28.6 Å². The van der Waals surface area contributed by atoms with E-state index in [0.717, 1.165) is 0 Å². The summed E-state index contributed by atoms with van der Waals surface area (Å²) in [5.74, 6) is 0. The zero-order valence-electron chi connectivity index (χ0n) is 7.78. The Morgan fingerprint density at radius 2 is 1.54 bits per heavy atom. The molecule has 0 saturated carbocycles. The fraction of sp³-hybridized carbons (Fsp3) is 1.00. The molecule has 0 spiro atoms. The lowest BCUT2D eigenvalue weighted by Gasteiger charge is -2.36. The van der Waals surface area contributed by atoms with E-state index in [9.17, 15) is 5.02 Å². The van der Waals surface area contributed by atoms with Crippen molar-refractivity contribution in [1.29, 1.82) is 0 Å². The van der Waals surface area contributed by atoms with E-state index in [0.29, 0.717) is 0 Å². The Balaban J connectivity index is 0.000000531. The second-order valence-corrected chi connectivity index (χ2v) is 1.85. The third-order valence-electron chi connectivity index (χ3n) is 1.12. The van der Waals surface area contributed by atoms with Gasteiger partial charge in [0.25, 0.3) is 0 Å². The van der Waals surface area contributed by atoms with E-state index in [1.54, 1.807) is 0 Å². The van der Waals surface area contributed by atoms with Gasteiger partial charge in [0.2, 0.25) is 0 Å². The van der Waals surface area contributed by atoms with Crippen molar-refractivity contribution < 1.29 is 34.3 Å². The molecular formula is CH7B4NO7. The maximum Gasteiger partial charge on any atom is 1.00 e. The summed E-state index contributed by atoms with van der Waals surface area (Å²) < 4.78 is 22.2. The summed E-state index contributed by atoms with van der Waals surface area (Å²) >= 11 is 0. The van der Waals surface area contributed by atoms with Gasteiger partial charge >= 0.3 is 30.7 Å². The highest BCUT2D eigenvalue weighted by atomic mass is 16.9. The number of hydrogen-bond acceptors (Lipinski definition) is 8. The second-order valence-electron chi connectivity index (χ2n) is 1.85. The van der Waals surface area contributed by atoms with E-state index < -0.39 is 29.3 Å². The minimum Gasteiger partial charge on any atom is -0.833 e. The number of hydrogen-bond donors (Lipinski definition) is 2. The SMILES string of the molecule is CN.[H+].[O-]B1OB2OB(O)OB(O1)O2. The summed E-state index contributed by atoms with van der Waals surface area (Å²) in [6.45, 7) is 0. The zero-order valence-corrected chi connectivity index (χ0v) is 6.78. The van der Waals surface area contributed by atoms with Gasteiger partial charge in [0, 0.05) is 0 Å². The molecule has 2 heterocycles. The van der Waals surface area contributed by atoms with Crippen LogP contribution in [0.1, 0.15) is 1.43 Å². The average Bonchev–Trinajstić information content (AvgIpc) is 2.04. The molecule has 2 fully saturated rings. The molecule has 0 atom stereocenters. The lowest BCUT2D eigenvalue weighted by Crippen LogP contribution is -2.63. The smallest absolute Gasteiger partial charge is 0.833 e. The topological polar surface area (TPSA) is 115 Å². The van der Waals surface area contributed by atoms with Gasteiger partial charge in [-0.25, -0.2) is 0 Å². The van der Waals surface area contributed by atoms with Crippen molar-refractivity contribution in [1.82, 2.24) is 0 Å². The average molecular weight is 188 g/mol. The van der Waals surface area contributed by atoms with Crippen molar-refractivity contribution in [2.45, 2.75) is 0 Å². The predicted molar refractivity (Wildman–Crippen MR) is 41.9 cm³/mol. The van der Waals surface area contributed by atoms with Gasteiger partial charge in [-0.3, -0.25) is 0 Å². The van der Waals surface area contributed by atoms with Gasteiger partial charge in [0.1, 0.15) is 0 Å². The predicted octanol–water partition coefficient (Wildman–Crippen LogP) is -3.92. The fourth-order valence-electron chi connectivity index (χ4n) is 0.719. The molecule has 3 N–H and O–H groups in total. The van der Waals surface area contributed by atoms with E-state index >= 15 is 0 Å². The van der Waals surface area contributed by atoms with Crippen LogP contribution < -0.4 is 10.8 Å². The summed E-state index contributed by atoms with van der Waals surface area (Å²) in [4.78, 5) is 0. The van der Waals surface area contributed by atoms with Crippen molar-refractivity contribution in [3.63, 3.8) is 0 Å². The molecule has 12 heteroatoms. The van der Waals surface area contributed by atoms with Crippen LogP contribution in [0, 0.1) is 0 Å². The maximum absolute atomic E-state index is 10.5. The molecule has 0 aromatic carbocycles. The van der Waals surface area contributed by atoms with Crippen molar-refractivity contribution in [2.24, 2.45) is 5.73 Å². The van der Waals surface area contributed by atoms with Crippen molar-refractivity contribution in [3.05, 3.63) is 0 Å². The quantitative estimate of drug-likeness (QED) is 0.370. The first-order valence-corrected chi connectivity index (χ1v) is 3.43. The Hall–Kier alpha value is -0.0603. The molecule has 2 aliphatic rings. The van der Waals surface area contributed by atoms with Crippen LogP contribution in [-0.4, -0.2) is 41.4 Å². The van der Waals surface area contributed by atoms with Crippen LogP contribution >= 0.6 is 0 Å². The molecule has 2 aliphatic heterocycles. The van der Waals surface area contributed by atoms with E-state index in [1.165, 1.54) is 7.05 Å². The van der Waals surface area contributed by atoms with Crippen molar-refractivity contribution in [3.8, 4) is 0 Å². The number of nitrogens with two attached hydrogens (primary N) is 1. The summed E-state index contributed by atoms with van der Waals surface area (Å²) in [5, 5.41) is 19.2. The Labute approximate surface area is 77.4 Å². The van der Waals surface area contributed by atoms with Gasteiger partial charge in [0.05, 0.1) is 0 Å². The Kier molecular flexibility index (Phi) is 4.22. The largest absolute Gasteiger partial charge is 1.00 e. The summed E-state index contributed by atoms with van der Waals surface area (Å²) in [7, 11) is -4.10. The highest BCUT2D eigenvalue weighted by Crippen LogP contribution is 2.13. The first-order valence-electron chi connectivity index (χ1n) is 3.43. The Morgan fingerprint density at radius 3 is 2.00 bits per heavy atom. The third-order valence-corrected chi connectivity index (χ3v) is 1.12. The normalized spacial score (nSPS) is 21.2. The van der Waals surface area contributed by atoms with Gasteiger partial charge < -0.3 is 38.6 Å². The van der Waals surface area contributed by atoms with Crippen LogP contribution in [0.5, 0.6) is 0 Å². The van der Waals surface area contributed by atoms with Crippen LogP contribution in [0.15, 0.2) is 0 Å². The van der Waals surface area contributed by atoms with Crippen LogP contribution in [0.3, 0.4) is 0 Å². The van der Waals surface area contributed by atoms with Crippen molar-refractivity contribution >= 4 is 29.3 Å². The fourth-order valence-corrected chi connectivity index (χ4v) is 0.719. The molecule has 8 nitrogen and oxygen atoms in total. The van der Waals surface area contributed by atoms with Crippen LogP contribution in [0.2, 0.25) is 0 Å². The molecule has 0 aromatic rings. The van der Waals surface area contributed by atoms with Crippen molar-refractivity contribution in [2.75, 3.05) is 7.05 Å². The molecule has 2 rings (SSSR count). The molecule has 2 bridgehead atoms. The summed E-state index contributed by atoms with van der Waals surface area (Å²) in [6, 6.07) is 0. The lowest BCUT2D eigenvalue weighted by atomic mass is 9.90. The summed E-state index contributed by atoms with van der Waals surface area (Å²) in [5.41, 5.74) is 4.50. The van der Waals surface area contributed by atoms with Gasteiger partial charge in [-0.15, -0.1) is 0 Å². The highest BCUT2D eigenvalue weighted by Gasteiger charge is 2.48. The first-order chi connectivity index (χ1) is 6.24. The molecule has 0 aromatic heterocycles. The number of fused-ring (bicyclic) bond motifs is 2. The zero-order chi connectivity index (χ0) is 9.84. The second kappa shape index (κ2) is 4.98. The third kappa shape index (κ3) is 2.97. The minimum atomic E-state index is -1.70. The molecule has 0 amide bonds. The molecule has 0 unspecified atom stereocenters. The van der Waals surface area contributed by atoms with E-state index in [4.69, 9.17) is 5.02 Å². The molecule has 13 heavy (non-hydrogen) atoms. The van der Waals surface area contributed by atoms with Crippen LogP contribution in [-0.2, 0) is 22.9 Å². The Morgan fingerprint density at radius 1 is 1.08 bits per heavy atom. The monoisotopic (exact) mass is 189 g/mol. The van der Waals surface area contributed by atoms with E-state index in [1.807, 2.05) is 0 Å². The van der Waals surface area contributed by atoms with Gasteiger partial charge in [-0.1, -0.05) is 0 Å². The molecule has 70 valence electrons. The summed E-state index contributed by atoms with van der Waals surface area (Å²) in [6.07, 6.45) is 0. The van der Waals surface area contributed by atoms with Gasteiger partial charge in [-0.2, -0.15) is 0 Å². The highest BCUT2D eigenvalue weighted by molar-refractivity contribution is 6.74. The molecule has 0 aliphatic carbocycles. The minimum absolute atomic E-state index is 0. The van der Waals surface area contributed by atoms with E-state index in [-0.39, 0.29) is 1.43 Å². The Bertz CT molecular complexity index is 131. The van der Waals surface area contributed by atoms with Gasteiger partial charge in [0.15, 0.2) is 0 Å². The number of rotatable bonds is 0. The molecular weight excluding hydrogens is 181 g/mol. The van der Waals surface area contributed by atoms with Gasteiger partial charge in [-0.05, 0) is 7.05 Å². The van der Waals surface area contributed by atoms with Crippen LogP contribution in [0.25, 0.3) is 0 Å².